The van der Waals surface area contributed by atoms with Crippen LogP contribution >= 0.6 is 11.6 Å². The second-order valence-corrected chi connectivity index (χ2v) is 5.06. The average Bonchev–Trinajstić information content (AvgIpc) is 3.08. The molecule has 1 amide bonds. The maximum Gasteiger partial charge on any atom is 0.227 e. The summed E-state index contributed by atoms with van der Waals surface area (Å²) in [6, 6.07) is 9.81. The van der Waals surface area contributed by atoms with Gasteiger partial charge in [-0.2, -0.15) is 5.10 Å². The molecule has 98 valence electrons. The van der Waals surface area contributed by atoms with Crippen molar-refractivity contribution in [2.24, 2.45) is 5.92 Å². The van der Waals surface area contributed by atoms with Crippen molar-refractivity contribution in [1.29, 1.82) is 0 Å². The Bertz CT molecular complexity index is 582. The normalized spacial score (nSPS) is 19.1. The molecular formula is C14H14ClN3O. The van der Waals surface area contributed by atoms with E-state index in [-0.39, 0.29) is 11.8 Å². The molecule has 1 saturated heterocycles. The first-order valence-corrected chi connectivity index (χ1v) is 6.77. The van der Waals surface area contributed by atoms with Gasteiger partial charge in [-0.25, -0.2) is 0 Å². The van der Waals surface area contributed by atoms with Crippen LogP contribution in [-0.2, 0) is 4.79 Å². The van der Waals surface area contributed by atoms with Crippen molar-refractivity contribution in [3.63, 3.8) is 0 Å². The zero-order valence-electron chi connectivity index (χ0n) is 10.3. The third-order valence-corrected chi connectivity index (χ3v) is 3.83. The third kappa shape index (κ3) is 2.36. The minimum Gasteiger partial charge on any atom is -0.312 e. The molecule has 1 fully saturated rings. The van der Waals surface area contributed by atoms with Crippen LogP contribution in [0.2, 0.25) is 0 Å². The molecule has 3 rings (SSSR count). The summed E-state index contributed by atoms with van der Waals surface area (Å²) in [6.07, 6.45) is 2.25. The van der Waals surface area contributed by atoms with Gasteiger partial charge in [0.2, 0.25) is 5.91 Å². The number of rotatable bonds is 3. The van der Waals surface area contributed by atoms with Crippen LogP contribution in [0.1, 0.15) is 6.42 Å². The Morgan fingerprint density at radius 3 is 3.00 bits per heavy atom. The Balaban J connectivity index is 1.90. The van der Waals surface area contributed by atoms with Crippen molar-refractivity contribution >= 4 is 23.2 Å². The molecule has 1 atom stereocenters. The summed E-state index contributed by atoms with van der Waals surface area (Å²) in [7, 11) is 0. The summed E-state index contributed by atoms with van der Waals surface area (Å²) in [5, 5.41) is 6.87. The van der Waals surface area contributed by atoms with Crippen molar-refractivity contribution < 1.29 is 4.79 Å². The number of H-pyrrole nitrogens is 1. The highest BCUT2D eigenvalue weighted by atomic mass is 35.5. The molecule has 19 heavy (non-hydrogen) atoms. The van der Waals surface area contributed by atoms with Gasteiger partial charge in [0, 0.05) is 36.3 Å². The van der Waals surface area contributed by atoms with Crippen molar-refractivity contribution in [2.75, 3.05) is 17.3 Å². The zero-order chi connectivity index (χ0) is 13.2. The molecule has 1 aromatic heterocycles. The van der Waals surface area contributed by atoms with Gasteiger partial charge >= 0.3 is 0 Å². The Morgan fingerprint density at radius 2 is 2.32 bits per heavy atom. The van der Waals surface area contributed by atoms with Crippen LogP contribution in [-0.4, -0.2) is 28.5 Å². The van der Waals surface area contributed by atoms with E-state index in [2.05, 4.69) is 10.2 Å². The van der Waals surface area contributed by atoms with E-state index in [1.54, 1.807) is 6.20 Å². The monoisotopic (exact) mass is 275 g/mol. The molecule has 4 nitrogen and oxygen atoms in total. The Kier molecular flexibility index (Phi) is 3.25. The summed E-state index contributed by atoms with van der Waals surface area (Å²) < 4.78 is 0. The SMILES string of the molecule is O=C1CC(CCl)CN1c1cccc(-c2ccn[nH]2)c1. The van der Waals surface area contributed by atoms with E-state index < -0.39 is 0 Å². The Labute approximate surface area is 116 Å². The first kappa shape index (κ1) is 12.2. The maximum atomic E-state index is 12.0. The Morgan fingerprint density at radius 1 is 1.42 bits per heavy atom. The number of carbonyl (C=O) groups excluding carboxylic acids is 1. The largest absolute Gasteiger partial charge is 0.312 e. The molecule has 1 N–H and O–H groups in total. The number of halogens is 1. The number of aromatic nitrogens is 2. The van der Waals surface area contributed by atoms with Gasteiger partial charge in [-0.1, -0.05) is 12.1 Å². The lowest BCUT2D eigenvalue weighted by Gasteiger charge is -2.17. The van der Waals surface area contributed by atoms with Gasteiger partial charge < -0.3 is 4.90 Å². The summed E-state index contributed by atoms with van der Waals surface area (Å²) in [6.45, 7) is 0.703. The molecule has 0 saturated carbocycles. The van der Waals surface area contributed by atoms with Gasteiger partial charge in [0.1, 0.15) is 0 Å². The fourth-order valence-electron chi connectivity index (χ4n) is 2.39. The van der Waals surface area contributed by atoms with E-state index in [0.717, 1.165) is 16.9 Å². The highest BCUT2D eigenvalue weighted by Gasteiger charge is 2.29. The fourth-order valence-corrected chi connectivity index (χ4v) is 2.60. The number of hydrogen-bond donors (Lipinski definition) is 1. The smallest absolute Gasteiger partial charge is 0.227 e. The Hall–Kier alpha value is -1.81. The first-order valence-electron chi connectivity index (χ1n) is 6.24. The molecule has 5 heteroatoms. The first-order chi connectivity index (χ1) is 9.28. The molecule has 0 bridgehead atoms. The van der Waals surface area contributed by atoms with Crippen LogP contribution in [0, 0.1) is 5.92 Å². The molecule has 2 heterocycles. The number of carbonyl (C=O) groups is 1. The number of alkyl halides is 1. The van der Waals surface area contributed by atoms with E-state index >= 15 is 0 Å². The summed E-state index contributed by atoms with van der Waals surface area (Å²) in [5.74, 6) is 0.931. The van der Waals surface area contributed by atoms with Crippen LogP contribution in [0.3, 0.4) is 0 Å². The number of aromatic amines is 1. The predicted molar refractivity (Wildman–Crippen MR) is 75.2 cm³/mol. The molecule has 1 unspecified atom stereocenters. The van der Waals surface area contributed by atoms with Crippen LogP contribution < -0.4 is 4.90 Å². The second-order valence-electron chi connectivity index (χ2n) is 4.75. The van der Waals surface area contributed by atoms with E-state index in [1.807, 2.05) is 35.2 Å². The zero-order valence-corrected chi connectivity index (χ0v) is 11.1. The van der Waals surface area contributed by atoms with Gasteiger partial charge in [0.15, 0.2) is 0 Å². The van der Waals surface area contributed by atoms with Crippen LogP contribution in [0.5, 0.6) is 0 Å². The van der Waals surface area contributed by atoms with Gasteiger partial charge in [-0.3, -0.25) is 9.89 Å². The van der Waals surface area contributed by atoms with Gasteiger partial charge in [-0.05, 0) is 24.1 Å². The van der Waals surface area contributed by atoms with Gasteiger partial charge in [0.05, 0.1) is 5.69 Å². The standard InChI is InChI=1S/C14H14ClN3O/c15-8-10-6-14(19)18(9-10)12-3-1-2-11(7-12)13-4-5-16-17-13/h1-5,7,10H,6,8-9H2,(H,16,17). The van der Waals surface area contributed by atoms with Gasteiger partial charge in [-0.15, -0.1) is 11.6 Å². The van der Waals surface area contributed by atoms with E-state index in [4.69, 9.17) is 11.6 Å². The second kappa shape index (κ2) is 5.05. The quantitative estimate of drug-likeness (QED) is 0.876. The average molecular weight is 276 g/mol. The lowest BCUT2D eigenvalue weighted by Crippen LogP contribution is -2.24. The fraction of sp³-hybridized carbons (Fsp3) is 0.286. The molecule has 0 spiro atoms. The minimum atomic E-state index is 0.146. The summed E-state index contributed by atoms with van der Waals surface area (Å²) >= 11 is 5.85. The topological polar surface area (TPSA) is 49.0 Å². The van der Waals surface area contributed by atoms with Crippen molar-refractivity contribution in [3.8, 4) is 11.3 Å². The van der Waals surface area contributed by atoms with Crippen molar-refractivity contribution in [1.82, 2.24) is 10.2 Å². The lowest BCUT2D eigenvalue weighted by atomic mass is 10.1. The molecule has 0 radical (unpaired) electrons. The van der Waals surface area contributed by atoms with Crippen molar-refractivity contribution in [2.45, 2.75) is 6.42 Å². The predicted octanol–water partition coefficient (Wildman–Crippen LogP) is 2.67. The minimum absolute atomic E-state index is 0.146. The summed E-state index contributed by atoms with van der Waals surface area (Å²) in [4.78, 5) is 13.8. The number of benzene rings is 1. The molecular weight excluding hydrogens is 262 g/mol. The number of amides is 1. The third-order valence-electron chi connectivity index (χ3n) is 3.39. The number of anilines is 1. The summed E-state index contributed by atoms with van der Waals surface area (Å²) in [5.41, 5.74) is 2.89. The molecule has 1 aliphatic rings. The number of nitrogens with zero attached hydrogens (tertiary/aromatic N) is 2. The number of nitrogens with one attached hydrogen (secondary N) is 1. The lowest BCUT2D eigenvalue weighted by molar-refractivity contribution is -0.117. The molecule has 1 aromatic carbocycles. The van der Waals surface area contributed by atoms with Crippen LogP contribution in [0.15, 0.2) is 36.5 Å². The molecule has 2 aromatic rings. The van der Waals surface area contributed by atoms with E-state index in [9.17, 15) is 4.79 Å². The van der Waals surface area contributed by atoms with Gasteiger partial charge in [0.25, 0.3) is 0 Å². The van der Waals surface area contributed by atoms with Crippen LogP contribution in [0.4, 0.5) is 5.69 Å². The van der Waals surface area contributed by atoms with E-state index in [1.165, 1.54) is 0 Å². The van der Waals surface area contributed by atoms with Crippen molar-refractivity contribution in [3.05, 3.63) is 36.5 Å². The highest BCUT2D eigenvalue weighted by molar-refractivity contribution is 6.18. The number of hydrogen-bond acceptors (Lipinski definition) is 2. The van der Waals surface area contributed by atoms with Crippen LogP contribution in [0.25, 0.3) is 11.3 Å². The molecule has 1 aliphatic heterocycles. The highest BCUT2D eigenvalue weighted by Crippen LogP contribution is 2.28. The maximum absolute atomic E-state index is 12.0. The van der Waals surface area contributed by atoms with E-state index in [0.29, 0.717) is 18.8 Å². The molecule has 0 aliphatic carbocycles.